The van der Waals surface area contributed by atoms with Crippen molar-refractivity contribution in [2.75, 3.05) is 13.2 Å². The zero-order chi connectivity index (χ0) is 28.8. The predicted molar refractivity (Wildman–Crippen MR) is 174 cm³/mol. The summed E-state index contributed by atoms with van der Waals surface area (Å²) in [7, 11) is 0. The van der Waals surface area contributed by atoms with E-state index in [1.165, 1.54) is 59.3 Å². The molecule has 4 heteroatoms. The van der Waals surface area contributed by atoms with Crippen molar-refractivity contribution in [2.24, 2.45) is 5.92 Å². The van der Waals surface area contributed by atoms with Crippen LogP contribution in [-0.4, -0.2) is 68.4 Å². The molecule has 0 saturated carbocycles. The first-order chi connectivity index (χ1) is 17.1. The van der Waals surface area contributed by atoms with Gasteiger partial charge in [0.25, 0.3) is 0 Å². The van der Waals surface area contributed by atoms with Gasteiger partial charge in [0.15, 0.2) is 0 Å². The third-order valence-corrected chi connectivity index (χ3v) is 6.27. The second-order valence-electron chi connectivity index (χ2n) is 9.23. The Bertz CT molecular complexity index is 565. The smallest absolute Gasteiger partial charge is 0.542 e. The van der Waals surface area contributed by atoms with Crippen molar-refractivity contribution in [3.8, 4) is 0 Å². The van der Waals surface area contributed by atoms with E-state index in [0.29, 0.717) is 6.42 Å². The van der Waals surface area contributed by atoms with Gasteiger partial charge in [-0.05, 0) is 68.9 Å². The van der Waals surface area contributed by atoms with Gasteiger partial charge in [-0.25, -0.2) is 0 Å². The molecule has 0 aliphatic heterocycles. The summed E-state index contributed by atoms with van der Waals surface area (Å²) >= 11 is 1.56. The van der Waals surface area contributed by atoms with Crippen LogP contribution >= 0.6 is 11.8 Å². The van der Waals surface area contributed by atoms with Gasteiger partial charge in [-0.15, -0.1) is 0 Å². The fourth-order valence-corrected chi connectivity index (χ4v) is 3.86. The van der Waals surface area contributed by atoms with Gasteiger partial charge in [-0.3, -0.25) is 12.9 Å². The zero-order valence-corrected chi connectivity index (χ0v) is 32.2. The maximum Gasteiger partial charge on any atom is 2.00 e. The minimum Gasteiger partial charge on any atom is -0.542 e. The Morgan fingerprint density at radius 1 is 0.811 bits per heavy atom. The molecule has 0 atom stereocenters. The molecule has 0 aromatic rings. The molecule has 0 unspecified atom stereocenters. The SMILES string of the molecule is C=[C-]S/C(C(C)=C(C)C)=C(\C)C(=C)CC.CCC.CCCC(CCC)CC[C-]=O.CCCOCCC.[Ba+2]. The Hall–Kier alpha value is 0.511. The third-order valence-electron chi connectivity index (χ3n) is 5.31. The molecule has 0 heterocycles. The first-order valence-corrected chi connectivity index (χ1v) is 15.1. The van der Waals surface area contributed by atoms with Crippen LogP contribution in [0.5, 0.6) is 0 Å². The van der Waals surface area contributed by atoms with Crippen molar-refractivity contribution >= 4 is 66.9 Å². The average Bonchev–Trinajstić information content (AvgIpc) is 2.86. The number of hydrogen-bond donors (Lipinski definition) is 0. The van der Waals surface area contributed by atoms with E-state index in [9.17, 15) is 4.79 Å². The summed E-state index contributed by atoms with van der Waals surface area (Å²) in [6.07, 6.45) is 13.2. The van der Waals surface area contributed by atoms with Gasteiger partial charge in [0, 0.05) is 13.2 Å². The minimum atomic E-state index is 0. The van der Waals surface area contributed by atoms with Crippen molar-refractivity contribution < 1.29 is 9.53 Å². The van der Waals surface area contributed by atoms with E-state index in [4.69, 9.17) is 4.74 Å². The topological polar surface area (TPSA) is 26.3 Å². The van der Waals surface area contributed by atoms with Gasteiger partial charge in [0.05, 0.1) is 0 Å². The first-order valence-electron chi connectivity index (χ1n) is 14.3. The van der Waals surface area contributed by atoms with Gasteiger partial charge >= 0.3 is 48.9 Å². The van der Waals surface area contributed by atoms with E-state index in [1.807, 2.05) is 6.29 Å². The Morgan fingerprint density at radius 3 is 1.57 bits per heavy atom. The number of carbonyl (C=O) groups excluding carboxylic acids is 1. The fourth-order valence-electron chi connectivity index (χ4n) is 3.06. The molecular weight excluding hydrogens is 598 g/mol. The molecule has 0 spiro atoms. The Morgan fingerprint density at radius 2 is 1.27 bits per heavy atom. The van der Waals surface area contributed by atoms with Crippen molar-refractivity contribution in [1.82, 2.24) is 0 Å². The van der Waals surface area contributed by atoms with Gasteiger partial charge < -0.3 is 26.7 Å². The van der Waals surface area contributed by atoms with Crippen LogP contribution in [-0.2, 0) is 9.53 Å². The molecule has 0 N–H and O–H groups in total. The molecular formula is C33H62BaO2S. The molecule has 0 rings (SSSR count). The summed E-state index contributed by atoms with van der Waals surface area (Å²) in [6.45, 7) is 33.1. The number of thioether (sulfide) groups is 1. The molecule has 214 valence electrons. The second kappa shape index (κ2) is 38.7. The summed E-state index contributed by atoms with van der Waals surface area (Å²) in [4.78, 5) is 11.2. The Labute approximate surface area is 279 Å². The number of ether oxygens (including phenoxy) is 1. The fraction of sp³-hybridized carbons (Fsp3) is 0.727. The first kappa shape index (κ1) is 47.3. The molecule has 0 bridgehead atoms. The van der Waals surface area contributed by atoms with Gasteiger partial charge in [-0.1, -0.05) is 105 Å². The van der Waals surface area contributed by atoms with Crippen LogP contribution in [0, 0.1) is 11.3 Å². The Balaban J connectivity index is -0.000000137. The van der Waals surface area contributed by atoms with Crippen molar-refractivity contribution in [2.45, 2.75) is 140 Å². The summed E-state index contributed by atoms with van der Waals surface area (Å²) in [5.41, 5.74) is 5.09. The van der Waals surface area contributed by atoms with E-state index in [0.717, 1.165) is 44.8 Å². The van der Waals surface area contributed by atoms with Crippen LogP contribution in [0.1, 0.15) is 140 Å². The quantitative estimate of drug-likeness (QED) is 0.0714. The maximum atomic E-state index is 9.99. The normalized spacial score (nSPS) is 10.2. The molecule has 0 amide bonds. The summed E-state index contributed by atoms with van der Waals surface area (Å²) < 4.78 is 5.13. The number of hydrogen-bond acceptors (Lipinski definition) is 3. The monoisotopic (exact) mass is 660 g/mol. The van der Waals surface area contributed by atoms with E-state index >= 15 is 0 Å². The summed E-state index contributed by atoms with van der Waals surface area (Å²) in [5.74, 6) is 0.770. The van der Waals surface area contributed by atoms with E-state index in [1.54, 1.807) is 11.8 Å². The zero-order valence-electron chi connectivity index (χ0n) is 26.9. The number of allylic oxidation sites excluding steroid dienone is 4. The third kappa shape index (κ3) is 34.5. The summed E-state index contributed by atoms with van der Waals surface area (Å²) in [6, 6.07) is 0. The largest absolute Gasteiger partial charge is 2.00 e. The Kier molecular flexibility index (Phi) is 49.4. The number of rotatable bonds is 16. The van der Waals surface area contributed by atoms with Crippen LogP contribution in [0.2, 0.25) is 0 Å². The molecule has 0 aliphatic carbocycles. The van der Waals surface area contributed by atoms with Crippen LogP contribution in [0.4, 0.5) is 0 Å². The maximum absolute atomic E-state index is 9.99. The van der Waals surface area contributed by atoms with Crippen molar-refractivity contribution in [1.29, 1.82) is 0 Å². The van der Waals surface area contributed by atoms with Gasteiger partial charge in [0.1, 0.15) is 0 Å². The van der Waals surface area contributed by atoms with Crippen LogP contribution < -0.4 is 0 Å². The molecule has 0 aromatic carbocycles. The van der Waals surface area contributed by atoms with Crippen LogP contribution in [0.15, 0.2) is 40.4 Å². The molecule has 37 heavy (non-hydrogen) atoms. The molecule has 2 nitrogen and oxygen atoms in total. The van der Waals surface area contributed by atoms with Crippen molar-refractivity contribution in [3.63, 3.8) is 0 Å². The van der Waals surface area contributed by atoms with Crippen LogP contribution in [0.25, 0.3) is 0 Å². The molecule has 0 aromatic heterocycles. The molecule has 0 aliphatic rings. The second-order valence-corrected chi connectivity index (χ2v) is 10.1. The predicted octanol–water partition coefficient (Wildman–Crippen LogP) is 11.2. The van der Waals surface area contributed by atoms with E-state index < -0.39 is 0 Å². The molecule has 0 fully saturated rings. The van der Waals surface area contributed by atoms with Crippen molar-refractivity contribution in [3.05, 3.63) is 45.8 Å². The molecule has 0 saturated heterocycles. The van der Waals surface area contributed by atoms with Gasteiger partial charge in [-0.2, -0.15) is 6.42 Å². The van der Waals surface area contributed by atoms with E-state index in [-0.39, 0.29) is 48.9 Å². The van der Waals surface area contributed by atoms with Crippen LogP contribution in [0.3, 0.4) is 0 Å². The van der Waals surface area contributed by atoms with E-state index in [2.05, 4.69) is 94.7 Å². The van der Waals surface area contributed by atoms with Gasteiger partial charge in [0.2, 0.25) is 0 Å². The average molecular weight is 660 g/mol. The minimum absolute atomic E-state index is 0. The summed E-state index contributed by atoms with van der Waals surface area (Å²) in [5, 5.41) is 2.90. The standard InChI is InChI=1S/C14H21S.C10H19O.C6H14O.C3H8.Ba/c1-8-11(5)13(7)14(15-9-2)12(6)10(3)4;1-3-6-10(7-4-2)8-5-9-11;1-3-5-7-6-4-2;1-3-2;/h2,5,8H2,1,3-4,6-7H3;10H,3-8H2,1-2H3;3-6H2,1-2H3;3H2,1-2H3;/q2*-1;;;+2/b14-13+;;;;. The molecule has 0 radical (unpaired) electrons.